The third kappa shape index (κ3) is 3.95. The molecule has 5 aromatic rings. The fraction of sp³-hybridized carbons (Fsp3) is 0.0714. The van der Waals surface area contributed by atoms with Crippen LogP contribution in [0.5, 0.6) is 0 Å². The number of ketones is 1. The molecule has 35 heavy (non-hydrogen) atoms. The molecule has 1 amide bonds. The first-order chi connectivity index (χ1) is 16.8. The van der Waals surface area contributed by atoms with Crippen LogP contribution in [0, 0.1) is 0 Å². The van der Waals surface area contributed by atoms with Crippen molar-refractivity contribution in [3.63, 3.8) is 0 Å². The van der Waals surface area contributed by atoms with Gasteiger partial charge in [-0.2, -0.15) is 13.2 Å². The first-order valence-electron chi connectivity index (χ1n) is 10.9. The monoisotopic (exact) mass is 472 g/mol. The molecule has 1 aromatic heterocycles. The predicted molar refractivity (Wildman–Crippen MR) is 128 cm³/mol. The van der Waals surface area contributed by atoms with Gasteiger partial charge in [0.05, 0.1) is 16.6 Å². The maximum absolute atomic E-state index is 13.6. The highest BCUT2D eigenvalue weighted by atomic mass is 19.4. The lowest BCUT2D eigenvalue weighted by Gasteiger charge is -2.13. The number of benzene rings is 4. The van der Waals surface area contributed by atoms with E-state index in [2.05, 4.69) is 0 Å². The second-order valence-corrected chi connectivity index (χ2v) is 8.23. The number of fused-ring (bicyclic) bond motifs is 3. The van der Waals surface area contributed by atoms with Crippen LogP contribution in [0.3, 0.4) is 0 Å². The largest absolute Gasteiger partial charge is 0.416 e. The topological polar surface area (TPSA) is 65.1 Å². The van der Waals surface area contributed by atoms with Crippen molar-refractivity contribution in [3.05, 3.63) is 119 Å². The van der Waals surface area contributed by atoms with Gasteiger partial charge in [0.2, 0.25) is 5.91 Å². The molecule has 0 aliphatic rings. The van der Waals surface area contributed by atoms with Crippen molar-refractivity contribution in [2.75, 3.05) is 0 Å². The van der Waals surface area contributed by atoms with Gasteiger partial charge in [-0.05, 0) is 29.8 Å². The smallest absolute Gasteiger partial charge is 0.366 e. The molecule has 1 heterocycles. The number of alkyl halides is 3. The van der Waals surface area contributed by atoms with E-state index >= 15 is 0 Å². The molecule has 0 atom stereocenters. The molecule has 174 valence electrons. The molecule has 0 saturated carbocycles. The Balaban J connectivity index is 1.75. The molecule has 7 heteroatoms. The van der Waals surface area contributed by atoms with Gasteiger partial charge in [-0.3, -0.25) is 9.59 Å². The molecule has 0 radical (unpaired) electrons. The van der Waals surface area contributed by atoms with Gasteiger partial charge in [-0.15, -0.1) is 0 Å². The van der Waals surface area contributed by atoms with Crippen LogP contribution in [0.4, 0.5) is 13.2 Å². The van der Waals surface area contributed by atoms with Crippen molar-refractivity contribution >= 4 is 33.5 Å². The summed E-state index contributed by atoms with van der Waals surface area (Å²) in [5.74, 6) is -0.857. The van der Waals surface area contributed by atoms with E-state index in [1.54, 1.807) is 71.3 Å². The number of aromatic nitrogens is 1. The molecule has 0 aliphatic carbocycles. The number of amides is 1. The van der Waals surface area contributed by atoms with Crippen molar-refractivity contribution in [1.82, 2.24) is 4.57 Å². The van der Waals surface area contributed by atoms with Crippen LogP contribution in [-0.2, 0) is 12.7 Å². The fourth-order valence-electron chi connectivity index (χ4n) is 4.49. The number of carbonyl (C=O) groups excluding carboxylic acids is 2. The molecule has 4 aromatic carbocycles. The average Bonchev–Trinajstić information content (AvgIpc) is 3.17. The number of hydrogen-bond donors (Lipinski definition) is 1. The minimum absolute atomic E-state index is 0.123. The second kappa shape index (κ2) is 8.43. The molecule has 0 unspecified atom stereocenters. The Hall–Kier alpha value is -4.39. The fourth-order valence-corrected chi connectivity index (χ4v) is 4.49. The quantitative estimate of drug-likeness (QED) is 0.310. The molecule has 0 bridgehead atoms. The van der Waals surface area contributed by atoms with Crippen molar-refractivity contribution in [1.29, 1.82) is 0 Å². The van der Waals surface area contributed by atoms with Crippen LogP contribution in [0.1, 0.15) is 37.4 Å². The Morgan fingerprint density at radius 1 is 0.771 bits per heavy atom. The SMILES string of the molecule is NC(=O)c1cccc2c1c1ccc(C(F)(F)F)cc1n2Cc1ccccc1C(=O)c1ccccc1. The molecule has 0 spiro atoms. The highest BCUT2D eigenvalue weighted by molar-refractivity contribution is 6.18. The third-order valence-electron chi connectivity index (χ3n) is 6.11. The first kappa shape index (κ1) is 22.4. The summed E-state index contributed by atoms with van der Waals surface area (Å²) in [7, 11) is 0. The van der Waals surface area contributed by atoms with Crippen LogP contribution in [0.2, 0.25) is 0 Å². The van der Waals surface area contributed by atoms with Crippen molar-refractivity contribution in [2.24, 2.45) is 5.73 Å². The Labute approximate surface area is 198 Å². The van der Waals surface area contributed by atoms with E-state index in [1.165, 1.54) is 6.07 Å². The number of primary amides is 1. The predicted octanol–water partition coefficient (Wildman–Crippen LogP) is 6.19. The van der Waals surface area contributed by atoms with Crippen molar-refractivity contribution in [3.8, 4) is 0 Å². The minimum atomic E-state index is -4.54. The van der Waals surface area contributed by atoms with E-state index in [9.17, 15) is 22.8 Å². The van der Waals surface area contributed by atoms with E-state index in [1.807, 2.05) is 6.07 Å². The highest BCUT2D eigenvalue weighted by Gasteiger charge is 2.31. The summed E-state index contributed by atoms with van der Waals surface area (Å²) < 4.78 is 42.4. The Kier molecular flexibility index (Phi) is 5.40. The summed E-state index contributed by atoms with van der Waals surface area (Å²) in [6.07, 6.45) is -4.54. The Morgan fingerprint density at radius 2 is 1.46 bits per heavy atom. The van der Waals surface area contributed by atoms with Crippen molar-refractivity contribution < 1.29 is 22.8 Å². The standard InChI is InChI=1S/C28H19F3N2O2/c29-28(30,31)19-13-14-21-24(15-19)33(23-12-6-11-22(25(21)23)27(32)35)16-18-9-4-5-10-20(18)26(34)17-7-2-1-3-8-17/h1-15H,16H2,(H2,32,35). The zero-order chi connectivity index (χ0) is 24.7. The number of hydrogen-bond acceptors (Lipinski definition) is 2. The second-order valence-electron chi connectivity index (χ2n) is 8.23. The zero-order valence-corrected chi connectivity index (χ0v) is 18.3. The Morgan fingerprint density at radius 3 is 2.17 bits per heavy atom. The number of rotatable bonds is 5. The van der Waals surface area contributed by atoms with Gasteiger partial charge in [0.1, 0.15) is 0 Å². The lowest BCUT2D eigenvalue weighted by Crippen LogP contribution is -2.11. The average molecular weight is 472 g/mol. The first-order valence-corrected chi connectivity index (χ1v) is 10.9. The van der Waals surface area contributed by atoms with Gasteiger partial charge in [0.15, 0.2) is 5.78 Å². The van der Waals surface area contributed by atoms with Gasteiger partial charge in [-0.1, -0.05) is 66.7 Å². The van der Waals surface area contributed by atoms with Gasteiger partial charge < -0.3 is 10.3 Å². The lowest BCUT2D eigenvalue weighted by molar-refractivity contribution is -0.137. The summed E-state index contributed by atoms with van der Waals surface area (Å²) in [5.41, 5.74) is 7.46. The molecule has 0 fully saturated rings. The van der Waals surface area contributed by atoms with E-state index in [0.717, 1.165) is 12.1 Å². The number of nitrogens with zero attached hydrogens (tertiary/aromatic N) is 1. The van der Waals surface area contributed by atoms with Crippen LogP contribution in [-0.4, -0.2) is 16.3 Å². The van der Waals surface area contributed by atoms with E-state index in [4.69, 9.17) is 5.73 Å². The number of nitrogens with two attached hydrogens (primary N) is 1. The molecular formula is C28H19F3N2O2. The Bertz CT molecular complexity index is 1600. The molecule has 5 rings (SSSR count). The van der Waals surface area contributed by atoms with Crippen LogP contribution in [0.25, 0.3) is 21.8 Å². The van der Waals surface area contributed by atoms with Crippen LogP contribution in [0.15, 0.2) is 91.0 Å². The lowest BCUT2D eigenvalue weighted by atomic mass is 9.98. The summed E-state index contributed by atoms with van der Waals surface area (Å²) >= 11 is 0. The van der Waals surface area contributed by atoms with Gasteiger partial charge >= 0.3 is 6.18 Å². The van der Waals surface area contributed by atoms with Crippen molar-refractivity contribution in [2.45, 2.75) is 12.7 Å². The van der Waals surface area contributed by atoms with Crippen LogP contribution < -0.4 is 5.73 Å². The number of halogens is 3. The highest BCUT2D eigenvalue weighted by Crippen LogP contribution is 2.37. The zero-order valence-electron chi connectivity index (χ0n) is 18.3. The normalized spacial score (nSPS) is 11.7. The van der Waals surface area contributed by atoms with Gasteiger partial charge in [-0.25, -0.2) is 0 Å². The van der Waals surface area contributed by atoms with Gasteiger partial charge in [0.25, 0.3) is 0 Å². The molecule has 4 nitrogen and oxygen atoms in total. The summed E-state index contributed by atoms with van der Waals surface area (Å²) in [5, 5.41) is 0.963. The summed E-state index contributed by atoms with van der Waals surface area (Å²) in [4.78, 5) is 25.4. The maximum Gasteiger partial charge on any atom is 0.416 e. The molecular weight excluding hydrogens is 453 g/mol. The van der Waals surface area contributed by atoms with E-state index < -0.39 is 17.6 Å². The molecule has 0 aliphatic heterocycles. The molecule has 0 saturated heterocycles. The van der Waals surface area contributed by atoms with Gasteiger partial charge in [0, 0.05) is 34.0 Å². The summed E-state index contributed by atoms with van der Waals surface area (Å²) in [6, 6.07) is 24.2. The summed E-state index contributed by atoms with van der Waals surface area (Å²) in [6.45, 7) is 0.123. The number of carbonyl (C=O) groups is 2. The van der Waals surface area contributed by atoms with E-state index in [0.29, 0.717) is 38.5 Å². The maximum atomic E-state index is 13.6. The van der Waals surface area contributed by atoms with Crippen LogP contribution >= 0.6 is 0 Å². The molecule has 2 N–H and O–H groups in total. The minimum Gasteiger partial charge on any atom is -0.366 e. The van der Waals surface area contributed by atoms with E-state index in [-0.39, 0.29) is 17.9 Å². The third-order valence-corrected chi connectivity index (χ3v) is 6.11.